The molecular formula is C13H14ClN3. The first-order valence-electron chi connectivity index (χ1n) is 5.93. The molecule has 0 bridgehead atoms. The van der Waals surface area contributed by atoms with E-state index in [2.05, 4.69) is 27.2 Å². The van der Waals surface area contributed by atoms with Crippen LogP contribution in [0.15, 0.2) is 30.5 Å². The first kappa shape index (κ1) is 10.8. The van der Waals surface area contributed by atoms with Crippen LogP contribution in [0, 0.1) is 0 Å². The van der Waals surface area contributed by atoms with Gasteiger partial charge in [0.15, 0.2) is 5.82 Å². The maximum Gasteiger partial charge on any atom is 0.159 e. The zero-order chi connectivity index (χ0) is 11.7. The Morgan fingerprint density at radius 2 is 2.12 bits per heavy atom. The number of anilines is 1. The topological polar surface area (TPSA) is 29.0 Å². The third kappa shape index (κ3) is 2.07. The quantitative estimate of drug-likeness (QED) is 0.778. The Kier molecular flexibility index (Phi) is 2.85. The van der Waals surface area contributed by atoms with Crippen LogP contribution >= 0.6 is 11.6 Å². The third-order valence-corrected chi connectivity index (χ3v) is 3.31. The fraction of sp³-hybridized carbons (Fsp3) is 0.385. The summed E-state index contributed by atoms with van der Waals surface area (Å²) in [5.41, 5.74) is 0. The highest BCUT2D eigenvalue weighted by Gasteiger charge is 2.30. The standard InChI is InChI=1S/C13H14ClN3/c14-7-8-17(11-5-6-11)13-12-4-2-1-3-10(12)9-15-16-13/h1-4,9,11H,5-8H2. The molecule has 1 aromatic carbocycles. The monoisotopic (exact) mass is 247 g/mol. The second kappa shape index (κ2) is 4.49. The minimum atomic E-state index is 0.605. The molecule has 0 radical (unpaired) electrons. The van der Waals surface area contributed by atoms with Gasteiger partial charge in [-0.2, -0.15) is 5.10 Å². The van der Waals surface area contributed by atoms with Gasteiger partial charge in [-0.3, -0.25) is 0 Å². The van der Waals surface area contributed by atoms with Crippen LogP contribution in [-0.2, 0) is 0 Å². The smallest absolute Gasteiger partial charge is 0.159 e. The van der Waals surface area contributed by atoms with Crippen molar-refractivity contribution in [3.05, 3.63) is 30.5 Å². The predicted octanol–water partition coefficient (Wildman–Crippen LogP) is 2.84. The van der Waals surface area contributed by atoms with Gasteiger partial charge in [0.05, 0.1) is 6.20 Å². The minimum Gasteiger partial charge on any atom is -0.350 e. The van der Waals surface area contributed by atoms with Crippen molar-refractivity contribution in [3.8, 4) is 0 Å². The molecule has 1 fully saturated rings. The lowest BCUT2D eigenvalue weighted by Gasteiger charge is -2.23. The van der Waals surface area contributed by atoms with Crippen molar-refractivity contribution < 1.29 is 0 Å². The molecule has 0 saturated heterocycles. The minimum absolute atomic E-state index is 0.605. The average molecular weight is 248 g/mol. The van der Waals surface area contributed by atoms with Crippen LogP contribution < -0.4 is 4.90 Å². The van der Waals surface area contributed by atoms with Crippen molar-refractivity contribution in [1.29, 1.82) is 0 Å². The first-order valence-corrected chi connectivity index (χ1v) is 6.46. The summed E-state index contributed by atoms with van der Waals surface area (Å²) in [6.45, 7) is 0.842. The van der Waals surface area contributed by atoms with E-state index in [4.69, 9.17) is 11.6 Å². The second-order valence-electron chi connectivity index (χ2n) is 4.37. The number of nitrogens with zero attached hydrogens (tertiary/aromatic N) is 3. The Morgan fingerprint density at radius 3 is 2.88 bits per heavy atom. The molecule has 0 unspecified atom stereocenters. The molecule has 1 saturated carbocycles. The number of hydrogen-bond donors (Lipinski definition) is 0. The summed E-state index contributed by atoms with van der Waals surface area (Å²) in [6.07, 6.45) is 4.29. The van der Waals surface area contributed by atoms with E-state index in [0.29, 0.717) is 11.9 Å². The average Bonchev–Trinajstić information content (AvgIpc) is 3.20. The summed E-state index contributed by atoms with van der Waals surface area (Å²) in [5.74, 6) is 1.60. The lowest BCUT2D eigenvalue weighted by molar-refractivity contribution is 0.801. The summed E-state index contributed by atoms with van der Waals surface area (Å²) in [6, 6.07) is 8.84. The number of alkyl halides is 1. The molecule has 0 N–H and O–H groups in total. The van der Waals surface area contributed by atoms with Crippen LogP contribution in [0.25, 0.3) is 10.8 Å². The molecule has 0 aliphatic heterocycles. The van der Waals surface area contributed by atoms with Crippen molar-refractivity contribution in [2.75, 3.05) is 17.3 Å². The van der Waals surface area contributed by atoms with Gasteiger partial charge in [0, 0.05) is 29.2 Å². The summed E-state index contributed by atoms with van der Waals surface area (Å²) >= 11 is 5.88. The zero-order valence-corrected chi connectivity index (χ0v) is 10.3. The van der Waals surface area contributed by atoms with Crippen molar-refractivity contribution in [2.24, 2.45) is 0 Å². The molecule has 3 nitrogen and oxygen atoms in total. The van der Waals surface area contributed by atoms with Gasteiger partial charge in [0.2, 0.25) is 0 Å². The van der Waals surface area contributed by atoms with Gasteiger partial charge in [-0.15, -0.1) is 16.7 Å². The van der Waals surface area contributed by atoms with Crippen LogP contribution in [0.5, 0.6) is 0 Å². The Bertz CT molecular complexity index is 520. The van der Waals surface area contributed by atoms with Crippen LogP contribution in [0.3, 0.4) is 0 Å². The summed E-state index contributed by atoms with van der Waals surface area (Å²) in [5, 5.41) is 10.7. The fourth-order valence-corrected chi connectivity index (χ4v) is 2.35. The summed E-state index contributed by atoms with van der Waals surface area (Å²) < 4.78 is 0. The van der Waals surface area contributed by atoms with Gasteiger partial charge in [0.1, 0.15) is 0 Å². The van der Waals surface area contributed by atoms with E-state index in [1.165, 1.54) is 18.2 Å². The fourth-order valence-electron chi connectivity index (χ4n) is 2.16. The van der Waals surface area contributed by atoms with Crippen LogP contribution in [0.4, 0.5) is 5.82 Å². The highest BCUT2D eigenvalue weighted by molar-refractivity contribution is 6.18. The van der Waals surface area contributed by atoms with E-state index in [1.54, 1.807) is 0 Å². The van der Waals surface area contributed by atoms with E-state index in [0.717, 1.165) is 17.7 Å². The highest BCUT2D eigenvalue weighted by atomic mass is 35.5. The molecule has 1 heterocycles. The van der Waals surface area contributed by atoms with Crippen molar-refractivity contribution in [3.63, 3.8) is 0 Å². The van der Waals surface area contributed by atoms with Crippen molar-refractivity contribution in [1.82, 2.24) is 10.2 Å². The second-order valence-corrected chi connectivity index (χ2v) is 4.75. The molecule has 1 aliphatic rings. The highest BCUT2D eigenvalue weighted by Crippen LogP contribution is 2.33. The molecule has 0 atom stereocenters. The van der Waals surface area contributed by atoms with Gasteiger partial charge in [-0.1, -0.05) is 24.3 Å². The Hall–Kier alpha value is -1.35. The van der Waals surface area contributed by atoms with Gasteiger partial charge < -0.3 is 4.90 Å². The number of halogens is 1. The molecule has 1 aromatic heterocycles. The molecule has 17 heavy (non-hydrogen) atoms. The summed E-state index contributed by atoms with van der Waals surface area (Å²) in [7, 11) is 0. The Morgan fingerprint density at radius 1 is 1.29 bits per heavy atom. The maximum absolute atomic E-state index is 5.88. The summed E-state index contributed by atoms with van der Waals surface area (Å²) in [4.78, 5) is 2.29. The van der Waals surface area contributed by atoms with E-state index in [1.807, 2.05) is 18.3 Å². The van der Waals surface area contributed by atoms with Gasteiger partial charge in [-0.25, -0.2) is 0 Å². The van der Waals surface area contributed by atoms with Gasteiger partial charge in [-0.05, 0) is 12.8 Å². The molecule has 0 amide bonds. The van der Waals surface area contributed by atoms with Crippen LogP contribution in [-0.4, -0.2) is 28.7 Å². The number of hydrogen-bond acceptors (Lipinski definition) is 3. The lowest BCUT2D eigenvalue weighted by atomic mass is 10.2. The van der Waals surface area contributed by atoms with E-state index in [9.17, 15) is 0 Å². The molecule has 2 aromatic rings. The van der Waals surface area contributed by atoms with Crippen LogP contribution in [0.1, 0.15) is 12.8 Å². The van der Waals surface area contributed by atoms with E-state index in [-0.39, 0.29) is 0 Å². The molecule has 1 aliphatic carbocycles. The number of rotatable bonds is 4. The van der Waals surface area contributed by atoms with E-state index >= 15 is 0 Å². The van der Waals surface area contributed by atoms with Gasteiger partial charge >= 0.3 is 0 Å². The maximum atomic E-state index is 5.88. The van der Waals surface area contributed by atoms with Crippen molar-refractivity contribution in [2.45, 2.75) is 18.9 Å². The Balaban J connectivity index is 2.08. The largest absolute Gasteiger partial charge is 0.350 e. The molecular weight excluding hydrogens is 234 g/mol. The number of fused-ring (bicyclic) bond motifs is 1. The normalized spacial score (nSPS) is 15.1. The van der Waals surface area contributed by atoms with Crippen LogP contribution in [0.2, 0.25) is 0 Å². The van der Waals surface area contributed by atoms with Crippen molar-refractivity contribution >= 4 is 28.2 Å². The molecule has 88 valence electrons. The third-order valence-electron chi connectivity index (χ3n) is 3.14. The first-order chi connectivity index (χ1) is 8.40. The molecule has 0 spiro atoms. The zero-order valence-electron chi connectivity index (χ0n) is 9.51. The Labute approximate surface area is 105 Å². The predicted molar refractivity (Wildman–Crippen MR) is 70.6 cm³/mol. The SMILES string of the molecule is ClCCN(c1nncc2ccccc12)C1CC1. The lowest BCUT2D eigenvalue weighted by Crippen LogP contribution is -2.29. The van der Waals surface area contributed by atoms with Gasteiger partial charge in [0.25, 0.3) is 0 Å². The number of aromatic nitrogens is 2. The van der Waals surface area contributed by atoms with E-state index < -0.39 is 0 Å². The molecule has 3 rings (SSSR count). The molecule has 4 heteroatoms. The number of benzene rings is 1.